The number of hydrogen-bond donors (Lipinski definition) is 2. The standard InChI is InChI=1S/C21H19N5O/c1-15(16-7-9-18(10-8-16)26-12-11-22-14-26)23-21(27)20-13-19(24-25-20)17-5-3-2-4-6-17/h2-15H,1H3,(H,23,27)(H,24,25)/t15-/m1/s1. The van der Waals surface area contributed by atoms with Crippen molar-refractivity contribution in [3.8, 4) is 16.9 Å². The molecule has 0 fully saturated rings. The largest absolute Gasteiger partial charge is 0.344 e. The van der Waals surface area contributed by atoms with Crippen LogP contribution in [-0.2, 0) is 0 Å². The number of nitrogens with one attached hydrogen (secondary N) is 2. The van der Waals surface area contributed by atoms with Gasteiger partial charge in [0.05, 0.1) is 18.1 Å². The molecule has 134 valence electrons. The van der Waals surface area contributed by atoms with Gasteiger partial charge in [0, 0.05) is 23.6 Å². The van der Waals surface area contributed by atoms with Gasteiger partial charge in [0.2, 0.25) is 0 Å². The molecule has 4 rings (SSSR count). The predicted octanol–water partition coefficient (Wildman–Crippen LogP) is 3.75. The zero-order chi connectivity index (χ0) is 18.6. The Morgan fingerprint density at radius 1 is 1.11 bits per heavy atom. The summed E-state index contributed by atoms with van der Waals surface area (Å²) >= 11 is 0. The molecule has 0 unspecified atom stereocenters. The number of carbonyl (C=O) groups is 1. The van der Waals surface area contributed by atoms with Crippen LogP contribution in [-0.4, -0.2) is 25.7 Å². The molecule has 0 aliphatic carbocycles. The average molecular weight is 357 g/mol. The van der Waals surface area contributed by atoms with E-state index in [1.54, 1.807) is 18.6 Å². The molecule has 2 heterocycles. The smallest absolute Gasteiger partial charge is 0.269 e. The van der Waals surface area contributed by atoms with Gasteiger partial charge in [-0.2, -0.15) is 5.10 Å². The SMILES string of the molecule is C[C@@H](NC(=O)c1cc(-c2ccccc2)n[nH]1)c1ccc(-n2ccnc2)cc1. The summed E-state index contributed by atoms with van der Waals surface area (Å²) in [6, 6.07) is 19.4. The van der Waals surface area contributed by atoms with Crippen LogP contribution in [0.15, 0.2) is 79.4 Å². The predicted molar refractivity (Wildman–Crippen MR) is 103 cm³/mol. The lowest BCUT2D eigenvalue weighted by molar-refractivity contribution is 0.0935. The lowest BCUT2D eigenvalue weighted by Gasteiger charge is -2.14. The third kappa shape index (κ3) is 3.64. The van der Waals surface area contributed by atoms with Gasteiger partial charge in [0.15, 0.2) is 0 Å². The molecule has 2 N–H and O–H groups in total. The highest BCUT2D eigenvalue weighted by Crippen LogP contribution is 2.19. The number of carbonyl (C=O) groups excluding carboxylic acids is 1. The molecule has 0 saturated carbocycles. The number of nitrogens with zero attached hydrogens (tertiary/aromatic N) is 3. The molecule has 6 nitrogen and oxygen atoms in total. The third-order valence-electron chi connectivity index (χ3n) is 4.44. The lowest BCUT2D eigenvalue weighted by Crippen LogP contribution is -2.26. The van der Waals surface area contributed by atoms with E-state index in [-0.39, 0.29) is 11.9 Å². The van der Waals surface area contributed by atoms with Crippen LogP contribution in [0.5, 0.6) is 0 Å². The van der Waals surface area contributed by atoms with Gasteiger partial charge in [-0.25, -0.2) is 4.98 Å². The molecule has 2 aromatic heterocycles. The van der Waals surface area contributed by atoms with Crippen LogP contribution in [0.3, 0.4) is 0 Å². The summed E-state index contributed by atoms with van der Waals surface area (Å²) in [7, 11) is 0. The summed E-state index contributed by atoms with van der Waals surface area (Å²) in [5.74, 6) is -0.184. The summed E-state index contributed by atoms with van der Waals surface area (Å²) in [5.41, 5.74) is 4.20. The van der Waals surface area contributed by atoms with Crippen LogP contribution < -0.4 is 5.32 Å². The van der Waals surface area contributed by atoms with Crippen LogP contribution >= 0.6 is 0 Å². The van der Waals surface area contributed by atoms with E-state index in [2.05, 4.69) is 20.5 Å². The number of H-pyrrole nitrogens is 1. The molecule has 2 aromatic carbocycles. The molecule has 1 amide bonds. The van der Waals surface area contributed by atoms with Crippen molar-refractivity contribution in [3.63, 3.8) is 0 Å². The zero-order valence-electron chi connectivity index (χ0n) is 14.8. The fourth-order valence-corrected chi connectivity index (χ4v) is 2.90. The molecule has 0 aliphatic heterocycles. The first-order valence-corrected chi connectivity index (χ1v) is 8.71. The number of imidazole rings is 1. The van der Waals surface area contributed by atoms with E-state index in [4.69, 9.17) is 0 Å². The highest BCUT2D eigenvalue weighted by atomic mass is 16.2. The van der Waals surface area contributed by atoms with Crippen molar-refractivity contribution >= 4 is 5.91 Å². The zero-order valence-corrected chi connectivity index (χ0v) is 14.8. The first kappa shape index (κ1) is 16.8. The van der Waals surface area contributed by atoms with E-state index < -0.39 is 0 Å². The maximum Gasteiger partial charge on any atom is 0.269 e. The van der Waals surface area contributed by atoms with Gasteiger partial charge in [-0.15, -0.1) is 0 Å². The minimum absolute atomic E-state index is 0.127. The van der Waals surface area contributed by atoms with Crippen LogP contribution in [0, 0.1) is 0 Å². The Morgan fingerprint density at radius 3 is 2.59 bits per heavy atom. The number of rotatable bonds is 5. The van der Waals surface area contributed by atoms with Crippen LogP contribution in [0.1, 0.15) is 29.0 Å². The second kappa shape index (κ2) is 7.29. The maximum atomic E-state index is 12.5. The molecular formula is C21H19N5O. The van der Waals surface area contributed by atoms with E-state index in [1.807, 2.05) is 72.3 Å². The van der Waals surface area contributed by atoms with E-state index >= 15 is 0 Å². The summed E-state index contributed by atoms with van der Waals surface area (Å²) in [6.07, 6.45) is 5.39. The Morgan fingerprint density at radius 2 is 1.89 bits per heavy atom. The van der Waals surface area contributed by atoms with Gasteiger partial charge < -0.3 is 9.88 Å². The molecule has 6 heteroatoms. The lowest BCUT2D eigenvalue weighted by atomic mass is 10.1. The molecule has 0 radical (unpaired) electrons. The Kier molecular flexibility index (Phi) is 4.53. The van der Waals surface area contributed by atoms with Crippen molar-refractivity contribution in [2.24, 2.45) is 0 Å². The number of benzene rings is 2. The monoisotopic (exact) mass is 357 g/mol. The van der Waals surface area contributed by atoms with Crippen LogP contribution in [0.4, 0.5) is 0 Å². The molecule has 0 aliphatic rings. The van der Waals surface area contributed by atoms with E-state index in [0.29, 0.717) is 5.69 Å². The number of hydrogen-bond acceptors (Lipinski definition) is 3. The van der Waals surface area contributed by atoms with Gasteiger partial charge in [-0.1, -0.05) is 42.5 Å². The summed E-state index contributed by atoms with van der Waals surface area (Å²) in [4.78, 5) is 16.6. The summed E-state index contributed by atoms with van der Waals surface area (Å²) in [5, 5.41) is 10.1. The van der Waals surface area contributed by atoms with Gasteiger partial charge in [-0.3, -0.25) is 9.89 Å². The van der Waals surface area contributed by atoms with Crippen molar-refractivity contribution < 1.29 is 4.79 Å². The molecular weight excluding hydrogens is 338 g/mol. The fourth-order valence-electron chi connectivity index (χ4n) is 2.90. The van der Waals surface area contributed by atoms with Crippen molar-refractivity contribution in [2.45, 2.75) is 13.0 Å². The van der Waals surface area contributed by atoms with Gasteiger partial charge in [0.25, 0.3) is 5.91 Å². The van der Waals surface area contributed by atoms with Gasteiger partial charge in [-0.05, 0) is 30.7 Å². The number of aromatic nitrogens is 4. The molecule has 0 bridgehead atoms. The van der Waals surface area contributed by atoms with Crippen molar-refractivity contribution in [1.29, 1.82) is 0 Å². The van der Waals surface area contributed by atoms with Gasteiger partial charge in [0.1, 0.15) is 5.69 Å². The van der Waals surface area contributed by atoms with Crippen molar-refractivity contribution in [1.82, 2.24) is 25.1 Å². The molecule has 27 heavy (non-hydrogen) atoms. The topological polar surface area (TPSA) is 75.6 Å². The van der Waals surface area contributed by atoms with E-state index in [0.717, 1.165) is 22.5 Å². The number of aromatic amines is 1. The third-order valence-corrected chi connectivity index (χ3v) is 4.44. The Balaban J connectivity index is 1.44. The Labute approximate surface area is 156 Å². The minimum atomic E-state index is -0.184. The molecule has 0 spiro atoms. The average Bonchev–Trinajstić information content (AvgIpc) is 3.41. The normalized spacial score (nSPS) is 11.9. The quantitative estimate of drug-likeness (QED) is 0.571. The second-order valence-electron chi connectivity index (χ2n) is 6.29. The Hall–Kier alpha value is -3.67. The van der Waals surface area contributed by atoms with Gasteiger partial charge >= 0.3 is 0 Å². The molecule has 4 aromatic rings. The fraction of sp³-hybridized carbons (Fsp3) is 0.0952. The number of amides is 1. The maximum absolute atomic E-state index is 12.5. The van der Waals surface area contributed by atoms with Crippen LogP contribution in [0.2, 0.25) is 0 Å². The Bertz CT molecular complexity index is 1020. The molecule has 1 atom stereocenters. The highest BCUT2D eigenvalue weighted by Gasteiger charge is 2.14. The van der Waals surface area contributed by atoms with Crippen molar-refractivity contribution in [3.05, 3.63) is 90.6 Å². The highest BCUT2D eigenvalue weighted by molar-refractivity contribution is 5.93. The first-order valence-electron chi connectivity index (χ1n) is 8.71. The summed E-state index contributed by atoms with van der Waals surface area (Å²) < 4.78 is 1.93. The van der Waals surface area contributed by atoms with E-state index in [9.17, 15) is 4.79 Å². The van der Waals surface area contributed by atoms with Crippen LogP contribution in [0.25, 0.3) is 16.9 Å². The summed E-state index contributed by atoms with van der Waals surface area (Å²) in [6.45, 7) is 1.96. The van der Waals surface area contributed by atoms with E-state index in [1.165, 1.54) is 0 Å². The minimum Gasteiger partial charge on any atom is -0.344 e. The van der Waals surface area contributed by atoms with Crippen molar-refractivity contribution in [2.75, 3.05) is 0 Å². The first-order chi connectivity index (χ1) is 13.2. The second-order valence-corrected chi connectivity index (χ2v) is 6.29. The molecule has 0 saturated heterocycles.